The van der Waals surface area contributed by atoms with E-state index in [-0.39, 0.29) is 18.2 Å². The van der Waals surface area contributed by atoms with Gasteiger partial charge in [-0.15, -0.1) is 0 Å². The van der Waals surface area contributed by atoms with Gasteiger partial charge in [-0.3, -0.25) is 9.59 Å². The smallest absolute Gasteiger partial charge is 0.254 e. The van der Waals surface area contributed by atoms with Crippen LogP contribution in [0.4, 0.5) is 11.6 Å². The number of carbonyl (C=O) groups excluding carboxylic acids is 2. The zero-order chi connectivity index (χ0) is 24.2. The number of carbonyl (C=O) groups is 2. The van der Waals surface area contributed by atoms with Crippen molar-refractivity contribution in [3.63, 3.8) is 0 Å². The third-order valence-electron chi connectivity index (χ3n) is 6.16. The first-order valence-electron chi connectivity index (χ1n) is 11.5. The molecule has 0 aliphatic carbocycles. The van der Waals surface area contributed by atoms with E-state index < -0.39 is 0 Å². The zero-order valence-corrected chi connectivity index (χ0v) is 20.2. The molecular formula is C26H28ClN5O2. The van der Waals surface area contributed by atoms with Crippen LogP contribution in [0.15, 0.2) is 59.9 Å². The summed E-state index contributed by atoms with van der Waals surface area (Å²) in [5.41, 5.74) is 3.75. The van der Waals surface area contributed by atoms with Crippen molar-refractivity contribution in [2.45, 2.75) is 45.6 Å². The Hall–Kier alpha value is -3.45. The number of hydrogen-bond acceptors (Lipinski definition) is 5. The van der Waals surface area contributed by atoms with Gasteiger partial charge < -0.3 is 15.5 Å². The summed E-state index contributed by atoms with van der Waals surface area (Å²) in [6.45, 7) is 8.87. The Morgan fingerprint density at radius 1 is 1.35 bits per heavy atom. The van der Waals surface area contributed by atoms with E-state index in [0.717, 1.165) is 31.5 Å². The molecule has 1 aromatic heterocycles. The van der Waals surface area contributed by atoms with Crippen LogP contribution in [-0.2, 0) is 11.2 Å². The Morgan fingerprint density at radius 2 is 2.12 bits per heavy atom. The zero-order valence-electron chi connectivity index (χ0n) is 19.4. The SMILES string of the molecule is C=C1/C(=C\C(Cl)=C/C)NC(=O)Cc2cnc(Nc3ccc(C(=O)N4CCCC4CC)cc3)nc21. The number of halogens is 1. The minimum atomic E-state index is -0.181. The number of aromatic nitrogens is 2. The highest BCUT2D eigenvalue weighted by molar-refractivity contribution is 6.31. The lowest BCUT2D eigenvalue weighted by Gasteiger charge is -2.23. The number of rotatable bonds is 5. The second kappa shape index (κ2) is 10.2. The first-order chi connectivity index (χ1) is 16.4. The van der Waals surface area contributed by atoms with Gasteiger partial charge in [0.25, 0.3) is 5.91 Å². The standard InChI is InChI=1S/C26H28ClN5O2/c1-4-19(27)14-22-16(3)24-18(13-23(33)30-22)15-28-26(31-24)29-20-10-8-17(9-11-20)25(34)32-12-6-7-21(32)5-2/h4,8-11,14-15,21H,3,5-7,12-13H2,1-2H3,(H,30,33)(H,28,29,31)/b19-4+,22-14+. The molecule has 4 rings (SSSR count). The highest BCUT2D eigenvalue weighted by Gasteiger charge is 2.28. The summed E-state index contributed by atoms with van der Waals surface area (Å²) in [7, 11) is 0. The van der Waals surface area contributed by atoms with E-state index in [0.29, 0.717) is 45.1 Å². The van der Waals surface area contributed by atoms with Gasteiger partial charge in [0.15, 0.2) is 0 Å². The number of anilines is 2. The van der Waals surface area contributed by atoms with Crippen LogP contribution in [0, 0.1) is 0 Å². The lowest BCUT2D eigenvalue weighted by molar-refractivity contribution is -0.119. The molecule has 0 spiro atoms. The summed E-state index contributed by atoms with van der Waals surface area (Å²) in [5, 5.41) is 6.50. The van der Waals surface area contributed by atoms with Gasteiger partial charge in [0, 0.05) is 46.2 Å². The fourth-order valence-corrected chi connectivity index (χ4v) is 4.40. The van der Waals surface area contributed by atoms with Gasteiger partial charge in [-0.05, 0) is 56.5 Å². The first kappa shape index (κ1) is 23.7. The van der Waals surface area contributed by atoms with Gasteiger partial charge in [-0.1, -0.05) is 31.2 Å². The van der Waals surface area contributed by atoms with Crippen molar-refractivity contribution in [1.82, 2.24) is 20.2 Å². The van der Waals surface area contributed by atoms with Crippen molar-refractivity contribution in [3.8, 4) is 0 Å². The maximum atomic E-state index is 12.9. The van der Waals surface area contributed by atoms with E-state index in [2.05, 4.69) is 34.1 Å². The minimum Gasteiger partial charge on any atom is -0.336 e. The molecule has 3 heterocycles. The number of amides is 2. The monoisotopic (exact) mass is 477 g/mol. The van der Waals surface area contributed by atoms with Crippen LogP contribution in [0.5, 0.6) is 0 Å². The van der Waals surface area contributed by atoms with Crippen molar-refractivity contribution in [2.24, 2.45) is 0 Å². The number of hydrogen-bond donors (Lipinski definition) is 2. The molecule has 176 valence electrons. The van der Waals surface area contributed by atoms with Gasteiger partial charge in [0.2, 0.25) is 11.9 Å². The molecule has 2 aromatic rings. The molecule has 34 heavy (non-hydrogen) atoms. The molecule has 2 N–H and O–H groups in total. The number of fused-ring (bicyclic) bond motifs is 1. The summed E-state index contributed by atoms with van der Waals surface area (Å²) >= 11 is 6.14. The average Bonchev–Trinajstić information content (AvgIpc) is 3.29. The van der Waals surface area contributed by atoms with Crippen molar-refractivity contribution in [2.75, 3.05) is 11.9 Å². The van der Waals surface area contributed by atoms with Crippen molar-refractivity contribution >= 4 is 40.6 Å². The normalized spacial score (nSPS) is 19.6. The molecule has 1 unspecified atom stereocenters. The second-order valence-electron chi connectivity index (χ2n) is 8.41. The number of nitrogens with one attached hydrogen (secondary N) is 2. The van der Waals surface area contributed by atoms with Gasteiger partial charge in [0.05, 0.1) is 17.8 Å². The van der Waals surface area contributed by atoms with Gasteiger partial charge in [-0.25, -0.2) is 9.97 Å². The first-order valence-corrected chi connectivity index (χ1v) is 11.8. The fraction of sp³-hybridized carbons (Fsp3) is 0.308. The lowest BCUT2D eigenvalue weighted by atomic mass is 10.1. The fourth-order valence-electron chi connectivity index (χ4n) is 4.29. The van der Waals surface area contributed by atoms with Crippen LogP contribution in [-0.4, -0.2) is 39.3 Å². The van der Waals surface area contributed by atoms with Crippen LogP contribution in [0.25, 0.3) is 5.57 Å². The number of likely N-dealkylation sites (tertiary alicyclic amines) is 1. The van der Waals surface area contributed by atoms with E-state index in [9.17, 15) is 9.59 Å². The van der Waals surface area contributed by atoms with E-state index >= 15 is 0 Å². The predicted octanol–water partition coefficient (Wildman–Crippen LogP) is 4.95. The molecule has 1 saturated heterocycles. The third kappa shape index (κ3) is 5.04. The van der Waals surface area contributed by atoms with Crippen LogP contribution >= 0.6 is 11.6 Å². The summed E-state index contributed by atoms with van der Waals surface area (Å²) < 4.78 is 0. The summed E-state index contributed by atoms with van der Waals surface area (Å²) in [6.07, 6.45) is 8.27. The van der Waals surface area contributed by atoms with Crippen LogP contribution in [0.2, 0.25) is 0 Å². The molecule has 2 aliphatic rings. The molecule has 0 saturated carbocycles. The molecular weight excluding hydrogens is 450 g/mol. The van der Waals surface area contributed by atoms with Crippen LogP contribution in [0.1, 0.15) is 54.7 Å². The summed E-state index contributed by atoms with van der Waals surface area (Å²) in [5.74, 6) is 0.264. The maximum Gasteiger partial charge on any atom is 0.254 e. The Kier molecular flexibility index (Phi) is 7.12. The number of nitrogens with zero attached hydrogens (tertiary/aromatic N) is 3. The largest absolute Gasteiger partial charge is 0.336 e. The highest BCUT2D eigenvalue weighted by atomic mass is 35.5. The van der Waals surface area contributed by atoms with Crippen molar-refractivity contribution < 1.29 is 9.59 Å². The quantitative estimate of drug-likeness (QED) is 0.636. The molecule has 1 aromatic carbocycles. The van der Waals surface area contributed by atoms with Gasteiger partial charge in [-0.2, -0.15) is 0 Å². The topological polar surface area (TPSA) is 87.2 Å². The minimum absolute atomic E-state index is 0.0738. The number of allylic oxidation sites excluding steroid dienone is 4. The molecule has 7 nitrogen and oxygen atoms in total. The molecule has 2 amide bonds. The van der Waals surface area contributed by atoms with Crippen molar-refractivity contribution in [1.29, 1.82) is 0 Å². The molecule has 2 aliphatic heterocycles. The molecule has 0 radical (unpaired) electrons. The molecule has 0 bridgehead atoms. The second-order valence-corrected chi connectivity index (χ2v) is 8.84. The average molecular weight is 478 g/mol. The maximum absolute atomic E-state index is 12.9. The van der Waals surface area contributed by atoms with E-state index in [4.69, 9.17) is 11.6 Å². The van der Waals surface area contributed by atoms with E-state index in [1.165, 1.54) is 0 Å². The van der Waals surface area contributed by atoms with Gasteiger partial charge >= 0.3 is 0 Å². The molecule has 1 fully saturated rings. The Morgan fingerprint density at radius 3 is 2.82 bits per heavy atom. The number of benzene rings is 1. The molecule has 1 atom stereocenters. The Bertz CT molecular complexity index is 1190. The highest BCUT2D eigenvalue weighted by Crippen LogP contribution is 2.28. The Labute approximate surface area is 204 Å². The summed E-state index contributed by atoms with van der Waals surface area (Å²) in [4.78, 5) is 36.2. The lowest BCUT2D eigenvalue weighted by Crippen LogP contribution is -2.35. The van der Waals surface area contributed by atoms with Crippen LogP contribution < -0.4 is 10.6 Å². The third-order valence-corrected chi connectivity index (χ3v) is 6.48. The van der Waals surface area contributed by atoms with Crippen LogP contribution in [0.3, 0.4) is 0 Å². The van der Waals surface area contributed by atoms with E-state index in [1.807, 2.05) is 36.1 Å². The Balaban J connectivity index is 1.54. The van der Waals surface area contributed by atoms with Crippen molar-refractivity contribution in [3.05, 3.63) is 76.7 Å². The molecule has 8 heteroatoms. The van der Waals surface area contributed by atoms with E-state index in [1.54, 1.807) is 18.3 Å². The van der Waals surface area contributed by atoms with Gasteiger partial charge in [0.1, 0.15) is 0 Å². The predicted molar refractivity (Wildman–Crippen MR) is 135 cm³/mol. The summed E-state index contributed by atoms with van der Waals surface area (Å²) in [6, 6.07) is 7.66.